The number of carbonyl (C=O) groups is 1. The highest BCUT2D eigenvalue weighted by Gasteiger charge is 2.08. The molecule has 0 saturated carbocycles. The van der Waals surface area contributed by atoms with Gasteiger partial charge >= 0.3 is 0 Å². The molecule has 6 heteroatoms. The molecule has 110 valence electrons. The zero-order chi connectivity index (χ0) is 15.4. The van der Waals surface area contributed by atoms with E-state index in [1.54, 1.807) is 24.5 Å². The van der Waals surface area contributed by atoms with Crippen molar-refractivity contribution in [2.45, 2.75) is 6.42 Å². The number of halogens is 1. The molecule has 2 aromatic heterocycles. The number of hydrogen-bond acceptors (Lipinski definition) is 4. The van der Waals surface area contributed by atoms with E-state index in [1.165, 1.54) is 11.3 Å². The van der Waals surface area contributed by atoms with E-state index < -0.39 is 0 Å². The van der Waals surface area contributed by atoms with Gasteiger partial charge in [-0.2, -0.15) is 0 Å². The average molecular weight is 330 g/mol. The van der Waals surface area contributed by atoms with Crippen molar-refractivity contribution in [3.8, 4) is 10.6 Å². The molecule has 0 spiro atoms. The minimum Gasteiger partial charge on any atom is -0.310 e. The van der Waals surface area contributed by atoms with E-state index in [2.05, 4.69) is 15.3 Å². The monoisotopic (exact) mass is 329 g/mol. The molecule has 0 atom stereocenters. The van der Waals surface area contributed by atoms with E-state index in [0.717, 1.165) is 16.1 Å². The molecule has 0 unspecified atom stereocenters. The van der Waals surface area contributed by atoms with Gasteiger partial charge in [-0.25, -0.2) is 4.98 Å². The Kier molecular flexibility index (Phi) is 4.46. The number of amides is 1. The standard InChI is InChI=1S/C16H12ClN3OS/c17-13-3-1-11(2-4-13)9-15(21)19-14-10-22-16(20-14)12-5-7-18-8-6-12/h1-8,10H,9H2,(H,19,21). The van der Waals surface area contributed by atoms with Crippen molar-refractivity contribution in [2.24, 2.45) is 0 Å². The van der Waals surface area contributed by atoms with Gasteiger partial charge in [-0.15, -0.1) is 11.3 Å². The molecular formula is C16H12ClN3OS. The molecule has 0 aliphatic carbocycles. The first-order chi connectivity index (χ1) is 10.7. The molecule has 0 aliphatic heterocycles. The number of carbonyl (C=O) groups excluding carboxylic acids is 1. The summed E-state index contributed by atoms with van der Waals surface area (Å²) in [6, 6.07) is 11.0. The van der Waals surface area contributed by atoms with Crippen LogP contribution in [-0.2, 0) is 11.2 Å². The van der Waals surface area contributed by atoms with Gasteiger partial charge in [0.1, 0.15) is 10.8 Å². The van der Waals surface area contributed by atoms with Crippen LogP contribution in [0.25, 0.3) is 10.6 Å². The highest BCUT2D eigenvalue weighted by molar-refractivity contribution is 7.13. The molecule has 1 amide bonds. The van der Waals surface area contributed by atoms with Crippen molar-refractivity contribution in [3.05, 3.63) is 64.8 Å². The third kappa shape index (κ3) is 3.69. The Morgan fingerprint density at radius 1 is 1.14 bits per heavy atom. The van der Waals surface area contributed by atoms with Crippen LogP contribution in [0.15, 0.2) is 54.2 Å². The fraction of sp³-hybridized carbons (Fsp3) is 0.0625. The molecule has 22 heavy (non-hydrogen) atoms. The lowest BCUT2D eigenvalue weighted by atomic mass is 10.1. The first-order valence-corrected chi connectivity index (χ1v) is 7.87. The Hall–Kier alpha value is -2.24. The van der Waals surface area contributed by atoms with Crippen molar-refractivity contribution in [1.82, 2.24) is 9.97 Å². The minimum absolute atomic E-state index is 0.103. The van der Waals surface area contributed by atoms with Crippen molar-refractivity contribution in [1.29, 1.82) is 0 Å². The second kappa shape index (κ2) is 6.68. The Balaban J connectivity index is 1.65. The van der Waals surface area contributed by atoms with Crippen molar-refractivity contribution in [3.63, 3.8) is 0 Å². The first-order valence-electron chi connectivity index (χ1n) is 6.61. The number of anilines is 1. The molecule has 0 saturated heterocycles. The molecular weight excluding hydrogens is 318 g/mol. The molecule has 0 radical (unpaired) electrons. The lowest BCUT2D eigenvalue weighted by molar-refractivity contribution is -0.115. The lowest BCUT2D eigenvalue weighted by Crippen LogP contribution is -2.14. The van der Waals surface area contributed by atoms with Gasteiger partial charge < -0.3 is 5.32 Å². The number of rotatable bonds is 4. The number of benzene rings is 1. The van der Waals surface area contributed by atoms with Gasteiger partial charge in [-0.1, -0.05) is 23.7 Å². The molecule has 3 aromatic rings. The minimum atomic E-state index is -0.103. The normalized spacial score (nSPS) is 10.4. The summed E-state index contributed by atoms with van der Waals surface area (Å²) in [6.45, 7) is 0. The van der Waals surface area contributed by atoms with Crippen LogP contribution in [0, 0.1) is 0 Å². The van der Waals surface area contributed by atoms with Crippen LogP contribution < -0.4 is 5.32 Å². The van der Waals surface area contributed by atoms with Crippen LogP contribution >= 0.6 is 22.9 Å². The van der Waals surface area contributed by atoms with E-state index in [1.807, 2.05) is 29.6 Å². The molecule has 0 bridgehead atoms. The molecule has 3 rings (SSSR count). The van der Waals surface area contributed by atoms with Crippen LogP contribution in [0.1, 0.15) is 5.56 Å². The molecule has 1 N–H and O–H groups in total. The maximum Gasteiger partial charge on any atom is 0.229 e. The van der Waals surface area contributed by atoms with Crippen molar-refractivity contribution in [2.75, 3.05) is 5.32 Å². The molecule has 1 aromatic carbocycles. The highest BCUT2D eigenvalue weighted by Crippen LogP contribution is 2.25. The van der Waals surface area contributed by atoms with Gasteiger partial charge in [0.25, 0.3) is 0 Å². The number of thiazole rings is 1. The van der Waals surface area contributed by atoms with Gasteiger partial charge in [0.05, 0.1) is 6.42 Å². The Bertz CT molecular complexity index is 772. The van der Waals surface area contributed by atoms with Gasteiger partial charge in [-0.05, 0) is 29.8 Å². The van der Waals surface area contributed by atoms with E-state index in [-0.39, 0.29) is 5.91 Å². The largest absolute Gasteiger partial charge is 0.310 e. The van der Waals surface area contributed by atoms with Crippen molar-refractivity contribution >= 4 is 34.7 Å². The summed E-state index contributed by atoms with van der Waals surface area (Å²) in [5, 5.41) is 6.14. The number of hydrogen-bond donors (Lipinski definition) is 1. The van der Waals surface area contributed by atoms with Gasteiger partial charge in [0, 0.05) is 28.4 Å². The van der Waals surface area contributed by atoms with Crippen LogP contribution in [0.3, 0.4) is 0 Å². The zero-order valence-electron chi connectivity index (χ0n) is 11.5. The van der Waals surface area contributed by atoms with Crippen LogP contribution in [0.5, 0.6) is 0 Å². The van der Waals surface area contributed by atoms with Crippen LogP contribution in [0.2, 0.25) is 5.02 Å². The molecule has 0 aliphatic rings. The maximum absolute atomic E-state index is 12.0. The summed E-state index contributed by atoms with van der Waals surface area (Å²) in [7, 11) is 0. The number of nitrogens with zero attached hydrogens (tertiary/aromatic N) is 2. The molecule has 2 heterocycles. The van der Waals surface area contributed by atoms with Gasteiger partial charge in [0.15, 0.2) is 0 Å². The summed E-state index contributed by atoms with van der Waals surface area (Å²) in [6.07, 6.45) is 3.73. The fourth-order valence-electron chi connectivity index (χ4n) is 1.93. The predicted octanol–water partition coefficient (Wildman–Crippen LogP) is 4.04. The van der Waals surface area contributed by atoms with Crippen LogP contribution in [0.4, 0.5) is 5.82 Å². The number of aromatic nitrogens is 2. The third-order valence-corrected chi connectivity index (χ3v) is 4.12. The maximum atomic E-state index is 12.0. The Labute approximate surface area is 136 Å². The van der Waals surface area contributed by atoms with E-state index in [4.69, 9.17) is 11.6 Å². The number of pyridine rings is 1. The summed E-state index contributed by atoms with van der Waals surface area (Å²) >= 11 is 7.31. The van der Waals surface area contributed by atoms with Crippen LogP contribution in [-0.4, -0.2) is 15.9 Å². The van der Waals surface area contributed by atoms with Crippen molar-refractivity contribution < 1.29 is 4.79 Å². The first kappa shape index (κ1) is 14.7. The average Bonchev–Trinajstić information content (AvgIpc) is 2.99. The Morgan fingerprint density at radius 3 is 2.59 bits per heavy atom. The molecule has 0 fully saturated rings. The number of nitrogens with one attached hydrogen (secondary N) is 1. The topological polar surface area (TPSA) is 54.9 Å². The van der Waals surface area contributed by atoms with E-state index >= 15 is 0 Å². The zero-order valence-corrected chi connectivity index (χ0v) is 13.1. The summed E-state index contributed by atoms with van der Waals surface area (Å²) in [5.74, 6) is 0.463. The highest BCUT2D eigenvalue weighted by atomic mass is 35.5. The van der Waals surface area contributed by atoms with E-state index in [0.29, 0.717) is 17.3 Å². The lowest BCUT2D eigenvalue weighted by Gasteiger charge is -2.02. The van der Waals surface area contributed by atoms with E-state index in [9.17, 15) is 4.79 Å². The molecule has 4 nitrogen and oxygen atoms in total. The van der Waals surface area contributed by atoms with Gasteiger partial charge in [-0.3, -0.25) is 9.78 Å². The van der Waals surface area contributed by atoms with Gasteiger partial charge in [0.2, 0.25) is 5.91 Å². The Morgan fingerprint density at radius 2 is 1.86 bits per heavy atom. The smallest absolute Gasteiger partial charge is 0.229 e. The summed E-state index contributed by atoms with van der Waals surface area (Å²) in [4.78, 5) is 20.4. The predicted molar refractivity (Wildman–Crippen MR) is 89.1 cm³/mol. The quantitative estimate of drug-likeness (QED) is 0.786. The third-order valence-electron chi connectivity index (χ3n) is 2.98. The SMILES string of the molecule is O=C(Cc1ccc(Cl)cc1)Nc1csc(-c2ccncc2)n1. The summed E-state index contributed by atoms with van der Waals surface area (Å²) < 4.78 is 0. The second-order valence-corrected chi connectivity index (χ2v) is 5.92. The second-order valence-electron chi connectivity index (χ2n) is 4.63. The summed E-state index contributed by atoms with van der Waals surface area (Å²) in [5.41, 5.74) is 1.89. The fourth-order valence-corrected chi connectivity index (χ4v) is 2.82.